The molecule has 0 heterocycles. The van der Waals surface area contributed by atoms with Crippen LogP contribution in [0.4, 0.5) is 0 Å². The Kier molecular flexibility index (Phi) is 5.87. The predicted molar refractivity (Wildman–Crippen MR) is 80.2 cm³/mol. The minimum Gasteiger partial charge on any atom is -0.393 e. The molecule has 0 saturated heterocycles. The molecule has 0 aliphatic heterocycles. The molecule has 0 bridgehead atoms. The summed E-state index contributed by atoms with van der Waals surface area (Å²) in [7, 11) is 0. The molecule has 2 nitrogen and oxygen atoms in total. The first-order valence-corrected chi connectivity index (χ1v) is 7.73. The second kappa shape index (κ2) is 7.66. The largest absolute Gasteiger partial charge is 0.393 e. The molecular weight excluding hydrogens is 234 g/mol. The van der Waals surface area contributed by atoms with Crippen LogP contribution in [0.5, 0.6) is 0 Å². The zero-order valence-corrected chi connectivity index (χ0v) is 12.0. The van der Waals surface area contributed by atoms with Gasteiger partial charge in [-0.3, -0.25) is 0 Å². The first-order chi connectivity index (χ1) is 9.28. The van der Waals surface area contributed by atoms with Gasteiger partial charge in [-0.2, -0.15) is 0 Å². The van der Waals surface area contributed by atoms with Crippen LogP contribution < -0.4 is 5.32 Å². The first kappa shape index (κ1) is 14.5. The monoisotopic (exact) mass is 261 g/mol. The summed E-state index contributed by atoms with van der Waals surface area (Å²) in [6.07, 6.45) is 6.63. The van der Waals surface area contributed by atoms with E-state index in [0.717, 1.165) is 32.2 Å². The molecule has 2 heteroatoms. The summed E-state index contributed by atoms with van der Waals surface area (Å²) in [6.45, 7) is 3.30. The molecular formula is C17H27NO. The molecule has 0 radical (unpaired) electrons. The second-order valence-electron chi connectivity index (χ2n) is 5.89. The van der Waals surface area contributed by atoms with Gasteiger partial charge in [-0.25, -0.2) is 0 Å². The van der Waals surface area contributed by atoms with Crippen molar-refractivity contribution in [2.75, 3.05) is 6.54 Å². The van der Waals surface area contributed by atoms with Gasteiger partial charge in [-0.1, -0.05) is 43.7 Å². The SMILES string of the molecule is CCC(Cc1ccccc1)NCC1CCCC(O)C1. The van der Waals surface area contributed by atoms with Gasteiger partial charge >= 0.3 is 0 Å². The Hall–Kier alpha value is -0.860. The maximum atomic E-state index is 9.71. The van der Waals surface area contributed by atoms with Gasteiger partial charge in [0.25, 0.3) is 0 Å². The van der Waals surface area contributed by atoms with Crippen LogP contribution in [-0.4, -0.2) is 23.8 Å². The molecule has 1 fully saturated rings. The van der Waals surface area contributed by atoms with Crippen molar-refractivity contribution in [2.45, 2.75) is 57.6 Å². The quantitative estimate of drug-likeness (QED) is 0.824. The summed E-state index contributed by atoms with van der Waals surface area (Å²) in [5.41, 5.74) is 1.41. The molecule has 1 aliphatic carbocycles. The van der Waals surface area contributed by atoms with Crippen molar-refractivity contribution in [2.24, 2.45) is 5.92 Å². The lowest BCUT2D eigenvalue weighted by molar-refractivity contribution is 0.0995. The van der Waals surface area contributed by atoms with Crippen molar-refractivity contribution < 1.29 is 5.11 Å². The highest BCUT2D eigenvalue weighted by atomic mass is 16.3. The van der Waals surface area contributed by atoms with Crippen molar-refractivity contribution in [3.63, 3.8) is 0 Å². The highest BCUT2D eigenvalue weighted by molar-refractivity contribution is 5.15. The van der Waals surface area contributed by atoms with Crippen LogP contribution in [0.3, 0.4) is 0 Å². The first-order valence-electron chi connectivity index (χ1n) is 7.73. The highest BCUT2D eigenvalue weighted by Gasteiger charge is 2.20. The summed E-state index contributed by atoms with van der Waals surface area (Å²) >= 11 is 0. The van der Waals surface area contributed by atoms with Crippen molar-refractivity contribution in [1.29, 1.82) is 0 Å². The van der Waals surface area contributed by atoms with Crippen LogP contribution in [0.1, 0.15) is 44.6 Å². The molecule has 1 aromatic carbocycles. The third-order valence-electron chi connectivity index (χ3n) is 4.27. The summed E-state index contributed by atoms with van der Waals surface area (Å²) in [5, 5.41) is 13.4. The third kappa shape index (κ3) is 4.96. The Morgan fingerprint density at radius 3 is 2.74 bits per heavy atom. The Balaban J connectivity index is 1.76. The molecule has 2 N–H and O–H groups in total. The fraction of sp³-hybridized carbons (Fsp3) is 0.647. The van der Waals surface area contributed by atoms with Crippen LogP contribution in [0.15, 0.2) is 30.3 Å². The van der Waals surface area contributed by atoms with Crippen molar-refractivity contribution >= 4 is 0 Å². The van der Waals surface area contributed by atoms with Crippen LogP contribution in [0.25, 0.3) is 0 Å². The van der Waals surface area contributed by atoms with Gasteiger partial charge in [0.1, 0.15) is 0 Å². The second-order valence-corrected chi connectivity index (χ2v) is 5.89. The lowest BCUT2D eigenvalue weighted by Crippen LogP contribution is -2.36. The molecule has 3 atom stereocenters. The summed E-state index contributed by atoms with van der Waals surface area (Å²) < 4.78 is 0. The van der Waals surface area contributed by atoms with E-state index in [1.54, 1.807) is 0 Å². The van der Waals surface area contributed by atoms with Gasteiger partial charge in [0.2, 0.25) is 0 Å². The number of nitrogens with one attached hydrogen (secondary N) is 1. The molecule has 19 heavy (non-hydrogen) atoms. The van der Waals surface area contributed by atoms with Gasteiger partial charge in [0.15, 0.2) is 0 Å². The maximum Gasteiger partial charge on any atom is 0.0543 e. The van der Waals surface area contributed by atoms with Crippen molar-refractivity contribution in [3.05, 3.63) is 35.9 Å². The minimum atomic E-state index is -0.0604. The maximum absolute atomic E-state index is 9.71. The Morgan fingerprint density at radius 2 is 2.05 bits per heavy atom. The van der Waals surface area contributed by atoms with E-state index in [1.165, 1.54) is 18.4 Å². The number of benzene rings is 1. The normalized spacial score (nSPS) is 25.2. The fourth-order valence-corrected chi connectivity index (χ4v) is 3.04. The van der Waals surface area contributed by atoms with Crippen molar-refractivity contribution in [3.8, 4) is 0 Å². The number of hydrogen-bond donors (Lipinski definition) is 2. The molecule has 0 aromatic heterocycles. The van der Waals surface area contributed by atoms with Crippen LogP contribution in [-0.2, 0) is 6.42 Å². The van der Waals surface area contributed by atoms with Gasteiger partial charge < -0.3 is 10.4 Å². The third-order valence-corrected chi connectivity index (χ3v) is 4.27. The zero-order valence-electron chi connectivity index (χ0n) is 12.0. The zero-order chi connectivity index (χ0) is 13.5. The van der Waals surface area contributed by atoms with E-state index in [0.29, 0.717) is 12.0 Å². The number of aliphatic hydroxyl groups excluding tert-OH is 1. The van der Waals surface area contributed by atoms with Crippen molar-refractivity contribution in [1.82, 2.24) is 5.32 Å². The molecule has 0 spiro atoms. The molecule has 106 valence electrons. The van der Waals surface area contributed by atoms with Crippen LogP contribution in [0.2, 0.25) is 0 Å². The minimum absolute atomic E-state index is 0.0604. The topological polar surface area (TPSA) is 32.3 Å². The molecule has 1 saturated carbocycles. The van der Waals surface area contributed by atoms with Gasteiger partial charge in [-0.15, -0.1) is 0 Å². The standard InChI is InChI=1S/C17H27NO/c1-2-16(11-14-7-4-3-5-8-14)18-13-15-9-6-10-17(19)12-15/h3-5,7-8,15-19H,2,6,9-13H2,1H3. The van der Waals surface area contributed by atoms with E-state index in [2.05, 4.69) is 42.6 Å². The Bertz CT molecular complexity index is 352. The fourth-order valence-electron chi connectivity index (χ4n) is 3.04. The summed E-state index contributed by atoms with van der Waals surface area (Å²) in [6, 6.07) is 11.3. The Labute approximate surface area is 117 Å². The van der Waals surface area contributed by atoms with Gasteiger partial charge in [0.05, 0.1) is 6.10 Å². The highest BCUT2D eigenvalue weighted by Crippen LogP contribution is 2.23. The predicted octanol–water partition coefficient (Wildman–Crippen LogP) is 3.15. The van der Waals surface area contributed by atoms with Gasteiger partial charge in [0, 0.05) is 6.04 Å². The lowest BCUT2D eigenvalue weighted by atomic mass is 9.87. The van der Waals surface area contributed by atoms with Crippen LogP contribution in [0, 0.1) is 5.92 Å². The number of rotatable bonds is 6. The van der Waals surface area contributed by atoms with E-state index < -0.39 is 0 Å². The summed E-state index contributed by atoms with van der Waals surface area (Å²) in [4.78, 5) is 0. The van der Waals surface area contributed by atoms with E-state index in [1.807, 2.05) is 0 Å². The van der Waals surface area contributed by atoms with E-state index >= 15 is 0 Å². The van der Waals surface area contributed by atoms with E-state index in [-0.39, 0.29) is 6.10 Å². The molecule has 3 unspecified atom stereocenters. The molecule has 1 aromatic rings. The molecule has 2 rings (SSSR count). The lowest BCUT2D eigenvalue weighted by Gasteiger charge is -2.28. The number of aliphatic hydroxyl groups is 1. The molecule has 0 amide bonds. The smallest absolute Gasteiger partial charge is 0.0543 e. The van der Waals surface area contributed by atoms with Gasteiger partial charge in [-0.05, 0) is 50.1 Å². The Morgan fingerprint density at radius 1 is 1.26 bits per heavy atom. The van der Waals surface area contributed by atoms with E-state index in [9.17, 15) is 5.11 Å². The number of hydrogen-bond acceptors (Lipinski definition) is 2. The van der Waals surface area contributed by atoms with E-state index in [4.69, 9.17) is 0 Å². The summed E-state index contributed by atoms with van der Waals surface area (Å²) in [5.74, 6) is 0.661. The van der Waals surface area contributed by atoms with Crippen LogP contribution >= 0.6 is 0 Å². The molecule has 1 aliphatic rings. The average molecular weight is 261 g/mol. The average Bonchev–Trinajstić information content (AvgIpc) is 2.44.